The molecule has 1 saturated heterocycles. The fourth-order valence-corrected chi connectivity index (χ4v) is 5.80. The third-order valence-electron chi connectivity index (χ3n) is 6.33. The van der Waals surface area contributed by atoms with Crippen molar-refractivity contribution in [1.29, 1.82) is 0 Å². The van der Waals surface area contributed by atoms with E-state index >= 15 is 0 Å². The smallest absolute Gasteiger partial charge is 0.214 e. The molecule has 0 amide bonds. The van der Waals surface area contributed by atoms with Crippen molar-refractivity contribution in [2.24, 2.45) is 0 Å². The molecule has 0 saturated carbocycles. The number of hydrogen-bond acceptors (Lipinski definition) is 2. The number of sulfonamides is 1. The van der Waals surface area contributed by atoms with E-state index in [-0.39, 0.29) is 0 Å². The van der Waals surface area contributed by atoms with E-state index in [0.717, 1.165) is 43.5 Å². The van der Waals surface area contributed by atoms with Crippen molar-refractivity contribution in [3.05, 3.63) is 35.9 Å². The van der Waals surface area contributed by atoms with Crippen LogP contribution in [0, 0.1) is 0 Å². The van der Waals surface area contributed by atoms with Crippen LogP contribution in [0.15, 0.2) is 30.3 Å². The first kappa shape index (κ1) is 23.4. The Morgan fingerprint density at radius 1 is 0.857 bits per heavy atom. The summed E-state index contributed by atoms with van der Waals surface area (Å²) in [5, 5.41) is 0. The van der Waals surface area contributed by atoms with E-state index in [2.05, 4.69) is 44.2 Å². The fourth-order valence-electron chi connectivity index (χ4n) is 4.25. The van der Waals surface area contributed by atoms with Crippen LogP contribution >= 0.6 is 0 Å². The van der Waals surface area contributed by atoms with Crippen LogP contribution in [0.25, 0.3) is 0 Å². The van der Waals surface area contributed by atoms with Gasteiger partial charge >= 0.3 is 0 Å². The van der Waals surface area contributed by atoms with Crippen LogP contribution in [-0.4, -0.2) is 55.7 Å². The number of rotatable bonds is 13. The topological polar surface area (TPSA) is 37.4 Å². The van der Waals surface area contributed by atoms with Gasteiger partial charge in [0.05, 0.1) is 38.5 Å². The number of quaternary nitrogens is 1. The van der Waals surface area contributed by atoms with Crippen LogP contribution in [0.1, 0.15) is 70.8 Å². The molecule has 160 valence electrons. The third-order valence-corrected chi connectivity index (χ3v) is 8.28. The van der Waals surface area contributed by atoms with Gasteiger partial charge in [0, 0.05) is 5.56 Å². The Labute approximate surface area is 173 Å². The number of nitrogens with zero attached hydrogens (tertiary/aromatic N) is 2. The summed E-state index contributed by atoms with van der Waals surface area (Å²) >= 11 is 0. The predicted octanol–water partition coefficient (Wildman–Crippen LogP) is 4.81. The molecule has 1 aromatic carbocycles. The Morgan fingerprint density at radius 3 is 2.00 bits per heavy atom. The Bertz CT molecular complexity index is 638. The second kappa shape index (κ2) is 11.9. The SMILES string of the molecule is CCCCCCCCCCS(=O)(=O)N1CC[N+](CC)(Cc2ccccc2)CC1. The molecule has 4 nitrogen and oxygen atoms in total. The van der Waals surface area contributed by atoms with Crippen molar-refractivity contribution in [2.75, 3.05) is 38.5 Å². The van der Waals surface area contributed by atoms with Crippen molar-refractivity contribution in [2.45, 2.75) is 71.8 Å². The van der Waals surface area contributed by atoms with Crippen LogP contribution in [0.5, 0.6) is 0 Å². The van der Waals surface area contributed by atoms with E-state index in [1.165, 1.54) is 44.1 Å². The van der Waals surface area contributed by atoms with Gasteiger partial charge in [-0.15, -0.1) is 0 Å². The summed E-state index contributed by atoms with van der Waals surface area (Å²) in [6, 6.07) is 10.6. The molecule has 1 aliphatic heterocycles. The van der Waals surface area contributed by atoms with E-state index in [1.807, 2.05) is 0 Å². The number of hydrogen-bond donors (Lipinski definition) is 0. The molecule has 0 unspecified atom stereocenters. The highest BCUT2D eigenvalue weighted by Gasteiger charge is 2.35. The summed E-state index contributed by atoms with van der Waals surface area (Å²) in [5.41, 5.74) is 1.35. The second-order valence-electron chi connectivity index (χ2n) is 8.44. The highest BCUT2D eigenvalue weighted by atomic mass is 32.2. The summed E-state index contributed by atoms with van der Waals surface area (Å²) in [4.78, 5) is 0. The average molecular weight is 410 g/mol. The molecule has 2 rings (SSSR count). The zero-order valence-electron chi connectivity index (χ0n) is 18.1. The Morgan fingerprint density at radius 2 is 1.43 bits per heavy atom. The summed E-state index contributed by atoms with van der Waals surface area (Å²) in [6.45, 7) is 9.69. The average Bonchev–Trinajstić information content (AvgIpc) is 2.71. The van der Waals surface area contributed by atoms with Gasteiger partial charge in [-0.2, -0.15) is 4.31 Å². The maximum Gasteiger partial charge on any atom is 0.214 e. The summed E-state index contributed by atoms with van der Waals surface area (Å²) in [5.74, 6) is 0.326. The van der Waals surface area contributed by atoms with E-state index in [9.17, 15) is 8.42 Å². The quantitative estimate of drug-likeness (QED) is 0.346. The molecule has 28 heavy (non-hydrogen) atoms. The van der Waals surface area contributed by atoms with E-state index in [4.69, 9.17) is 0 Å². The largest absolute Gasteiger partial charge is 0.318 e. The standard InChI is InChI=1S/C23H41N2O2S/c1-3-5-6-7-8-9-10-14-21-28(26,27)24-17-19-25(4-2,20-18-24)22-23-15-12-11-13-16-23/h11-13,15-16H,3-10,14,17-22H2,1-2H3/q+1. The number of likely N-dealkylation sites (N-methyl/N-ethyl adjacent to an activating group) is 1. The van der Waals surface area contributed by atoms with Crippen LogP contribution in [-0.2, 0) is 16.6 Å². The van der Waals surface area contributed by atoms with Gasteiger partial charge < -0.3 is 4.48 Å². The molecule has 1 fully saturated rings. The predicted molar refractivity (Wildman–Crippen MR) is 119 cm³/mol. The Hall–Kier alpha value is -0.910. The lowest BCUT2D eigenvalue weighted by molar-refractivity contribution is -0.942. The van der Waals surface area contributed by atoms with Gasteiger partial charge in [0.1, 0.15) is 6.54 Å². The molecule has 1 heterocycles. The molecule has 0 aromatic heterocycles. The molecular weight excluding hydrogens is 368 g/mol. The lowest BCUT2D eigenvalue weighted by Gasteiger charge is -2.44. The lowest BCUT2D eigenvalue weighted by atomic mass is 10.1. The summed E-state index contributed by atoms with van der Waals surface area (Å²) in [7, 11) is -3.09. The van der Waals surface area contributed by atoms with E-state index in [1.54, 1.807) is 4.31 Å². The van der Waals surface area contributed by atoms with Gasteiger partial charge in [-0.1, -0.05) is 82.2 Å². The molecule has 1 aliphatic rings. The molecule has 0 bridgehead atoms. The molecule has 0 N–H and O–H groups in total. The Kier molecular flexibility index (Phi) is 9.96. The maximum atomic E-state index is 12.7. The van der Waals surface area contributed by atoms with Crippen molar-refractivity contribution in [3.8, 4) is 0 Å². The lowest BCUT2D eigenvalue weighted by Crippen LogP contribution is -2.60. The van der Waals surface area contributed by atoms with Gasteiger partial charge in [0.25, 0.3) is 0 Å². The zero-order valence-corrected chi connectivity index (χ0v) is 18.9. The van der Waals surface area contributed by atoms with Crippen molar-refractivity contribution in [1.82, 2.24) is 4.31 Å². The normalized spacial score (nSPS) is 17.6. The molecule has 0 aliphatic carbocycles. The zero-order chi connectivity index (χ0) is 20.3. The van der Waals surface area contributed by atoms with E-state index < -0.39 is 10.0 Å². The fraction of sp³-hybridized carbons (Fsp3) is 0.739. The van der Waals surface area contributed by atoms with Gasteiger partial charge in [-0.25, -0.2) is 8.42 Å². The number of benzene rings is 1. The van der Waals surface area contributed by atoms with Gasteiger partial charge in [-0.3, -0.25) is 0 Å². The summed E-state index contributed by atoms with van der Waals surface area (Å²) < 4.78 is 28.2. The molecule has 0 spiro atoms. The first-order valence-electron chi connectivity index (χ1n) is 11.4. The minimum Gasteiger partial charge on any atom is -0.318 e. The van der Waals surface area contributed by atoms with E-state index in [0.29, 0.717) is 18.8 Å². The molecular formula is C23H41N2O2S+. The molecule has 5 heteroatoms. The molecule has 1 aromatic rings. The minimum atomic E-state index is -3.09. The molecule has 0 radical (unpaired) electrons. The first-order chi connectivity index (χ1) is 13.5. The highest BCUT2D eigenvalue weighted by molar-refractivity contribution is 7.89. The molecule has 0 atom stereocenters. The van der Waals surface area contributed by atoms with Crippen LogP contribution in [0.3, 0.4) is 0 Å². The van der Waals surface area contributed by atoms with Gasteiger partial charge in [-0.05, 0) is 13.3 Å². The second-order valence-corrected chi connectivity index (χ2v) is 10.5. The third kappa shape index (κ3) is 7.49. The van der Waals surface area contributed by atoms with Crippen molar-refractivity contribution in [3.63, 3.8) is 0 Å². The Balaban J connectivity index is 1.73. The van der Waals surface area contributed by atoms with Crippen LogP contribution in [0.4, 0.5) is 0 Å². The maximum absolute atomic E-state index is 12.7. The summed E-state index contributed by atoms with van der Waals surface area (Å²) in [6.07, 6.45) is 9.50. The van der Waals surface area contributed by atoms with Gasteiger partial charge in [0.15, 0.2) is 0 Å². The number of unbranched alkanes of at least 4 members (excludes halogenated alkanes) is 7. The minimum absolute atomic E-state index is 0.326. The van der Waals surface area contributed by atoms with Gasteiger partial charge in [0.2, 0.25) is 10.0 Å². The number of piperazine rings is 1. The first-order valence-corrected chi connectivity index (χ1v) is 13.0. The highest BCUT2D eigenvalue weighted by Crippen LogP contribution is 2.21. The van der Waals surface area contributed by atoms with Crippen LogP contribution in [0.2, 0.25) is 0 Å². The van der Waals surface area contributed by atoms with Crippen molar-refractivity contribution >= 4 is 10.0 Å². The van der Waals surface area contributed by atoms with Crippen molar-refractivity contribution < 1.29 is 12.9 Å². The van der Waals surface area contributed by atoms with Crippen LogP contribution < -0.4 is 0 Å². The monoisotopic (exact) mass is 409 g/mol.